The highest BCUT2D eigenvalue weighted by Crippen LogP contribution is 2.28. The molecule has 0 unspecified atom stereocenters. The number of rotatable bonds is 5. The quantitative estimate of drug-likeness (QED) is 0.864. The maximum Gasteiger partial charge on any atom is 0.214 e. The van der Waals surface area contributed by atoms with E-state index in [1.54, 1.807) is 26.1 Å². The van der Waals surface area contributed by atoms with E-state index in [0.29, 0.717) is 18.2 Å². The topological polar surface area (TPSA) is 68.3 Å². The van der Waals surface area contributed by atoms with Crippen LogP contribution >= 0.6 is 11.6 Å². The molecule has 0 aliphatic carbocycles. The fraction of sp³-hybridized carbons (Fsp3) is 0.389. The summed E-state index contributed by atoms with van der Waals surface area (Å²) >= 11 is 5.87. The molecule has 3 rings (SSSR count). The van der Waals surface area contributed by atoms with Gasteiger partial charge in [0.1, 0.15) is 0 Å². The minimum absolute atomic E-state index is 0.000696. The van der Waals surface area contributed by atoms with Gasteiger partial charge in [0.05, 0.1) is 35.2 Å². The van der Waals surface area contributed by atoms with E-state index >= 15 is 0 Å². The van der Waals surface area contributed by atoms with Gasteiger partial charge in [-0.05, 0) is 31.5 Å². The molecule has 0 bridgehead atoms. The third-order valence-corrected chi connectivity index (χ3v) is 6.47. The van der Waals surface area contributed by atoms with Crippen molar-refractivity contribution in [1.82, 2.24) is 9.71 Å². The number of nitrogens with one attached hydrogen (secondary N) is 1. The van der Waals surface area contributed by atoms with Crippen LogP contribution in [-0.2, 0) is 14.8 Å². The number of halogens is 1. The standard InChI is InChI=1S/C18H21ClN2O3S/c1-12(2)25(22,23)21-18-11-24-10-16(18)13-3-5-14(6-4-13)17-8-7-15(19)9-20-17/h3-9,12,16,18,21H,10-11H2,1-2H3/t16-,18-/m0/s1. The zero-order chi connectivity index (χ0) is 18.0. The van der Waals surface area contributed by atoms with Crippen molar-refractivity contribution in [2.75, 3.05) is 13.2 Å². The summed E-state index contributed by atoms with van der Waals surface area (Å²) in [5, 5.41) is 0.135. The molecule has 1 N–H and O–H groups in total. The SMILES string of the molecule is CC(C)S(=O)(=O)N[C@H]1COC[C@H]1c1ccc(-c2ccc(Cl)cn2)cc1. The summed E-state index contributed by atoms with van der Waals surface area (Å²) in [7, 11) is -3.33. The van der Waals surface area contributed by atoms with E-state index in [1.807, 2.05) is 30.3 Å². The van der Waals surface area contributed by atoms with Gasteiger partial charge in [0.2, 0.25) is 10.0 Å². The van der Waals surface area contributed by atoms with Crippen LogP contribution in [0.1, 0.15) is 25.3 Å². The second-order valence-electron chi connectivity index (χ2n) is 6.45. The van der Waals surface area contributed by atoms with Crippen molar-refractivity contribution in [2.24, 2.45) is 0 Å². The van der Waals surface area contributed by atoms with Crippen LogP contribution in [0.4, 0.5) is 0 Å². The minimum atomic E-state index is -3.33. The molecule has 0 saturated carbocycles. The molecule has 1 fully saturated rings. The largest absolute Gasteiger partial charge is 0.379 e. The van der Waals surface area contributed by atoms with Crippen molar-refractivity contribution >= 4 is 21.6 Å². The number of benzene rings is 1. The van der Waals surface area contributed by atoms with Gasteiger partial charge in [-0.25, -0.2) is 13.1 Å². The summed E-state index contributed by atoms with van der Waals surface area (Å²) in [6.07, 6.45) is 1.62. The smallest absolute Gasteiger partial charge is 0.214 e. The molecule has 2 atom stereocenters. The first kappa shape index (κ1) is 18.3. The number of nitrogens with zero attached hydrogens (tertiary/aromatic N) is 1. The Morgan fingerprint density at radius 2 is 1.88 bits per heavy atom. The second kappa shape index (κ2) is 7.41. The lowest BCUT2D eigenvalue weighted by Gasteiger charge is -2.21. The molecule has 0 amide bonds. The number of pyridine rings is 1. The van der Waals surface area contributed by atoms with Gasteiger partial charge in [-0.1, -0.05) is 35.9 Å². The highest BCUT2D eigenvalue weighted by molar-refractivity contribution is 7.90. The summed E-state index contributed by atoms with van der Waals surface area (Å²) in [5.41, 5.74) is 2.88. The summed E-state index contributed by atoms with van der Waals surface area (Å²) in [6.45, 7) is 4.23. The molecule has 25 heavy (non-hydrogen) atoms. The van der Waals surface area contributed by atoms with Crippen molar-refractivity contribution in [3.8, 4) is 11.3 Å². The highest BCUT2D eigenvalue weighted by atomic mass is 35.5. The van der Waals surface area contributed by atoms with Crippen LogP contribution in [-0.4, -0.2) is 37.9 Å². The number of ether oxygens (including phenoxy) is 1. The average molecular weight is 381 g/mol. The van der Waals surface area contributed by atoms with E-state index in [-0.39, 0.29) is 12.0 Å². The van der Waals surface area contributed by atoms with E-state index in [2.05, 4.69) is 9.71 Å². The lowest BCUT2D eigenvalue weighted by molar-refractivity contribution is 0.189. The molecular weight excluding hydrogens is 360 g/mol. The molecular formula is C18H21ClN2O3S. The van der Waals surface area contributed by atoms with Gasteiger partial charge in [-0.15, -0.1) is 0 Å². The number of sulfonamides is 1. The zero-order valence-electron chi connectivity index (χ0n) is 14.1. The number of hydrogen-bond acceptors (Lipinski definition) is 4. The average Bonchev–Trinajstić information content (AvgIpc) is 3.03. The zero-order valence-corrected chi connectivity index (χ0v) is 15.7. The Hall–Kier alpha value is -1.47. The van der Waals surface area contributed by atoms with Crippen LogP contribution in [0.2, 0.25) is 5.02 Å². The Kier molecular flexibility index (Phi) is 5.43. The lowest BCUT2D eigenvalue weighted by atomic mass is 9.94. The molecule has 7 heteroatoms. The van der Waals surface area contributed by atoms with E-state index in [4.69, 9.17) is 16.3 Å². The second-order valence-corrected chi connectivity index (χ2v) is 9.15. The predicted octanol–water partition coefficient (Wildman–Crippen LogP) is 3.21. The van der Waals surface area contributed by atoms with Crippen LogP contribution in [0.15, 0.2) is 42.6 Å². The van der Waals surface area contributed by atoms with Crippen molar-refractivity contribution in [3.63, 3.8) is 0 Å². The van der Waals surface area contributed by atoms with E-state index in [1.165, 1.54) is 0 Å². The van der Waals surface area contributed by atoms with Gasteiger partial charge < -0.3 is 4.74 Å². The van der Waals surface area contributed by atoms with Crippen LogP contribution in [0.3, 0.4) is 0 Å². The van der Waals surface area contributed by atoms with E-state index < -0.39 is 15.3 Å². The van der Waals surface area contributed by atoms with Crippen molar-refractivity contribution in [2.45, 2.75) is 31.1 Å². The first-order valence-corrected chi connectivity index (χ1v) is 10.1. The molecule has 0 spiro atoms. The Balaban J connectivity index is 1.78. The maximum atomic E-state index is 12.1. The summed E-state index contributed by atoms with van der Waals surface area (Å²) in [5.74, 6) is 0.000696. The number of aromatic nitrogens is 1. The Bertz CT molecular complexity index is 820. The first-order chi connectivity index (χ1) is 11.9. The van der Waals surface area contributed by atoms with Gasteiger partial charge in [-0.2, -0.15) is 0 Å². The third kappa shape index (κ3) is 4.20. The van der Waals surface area contributed by atoms with Gasteiger partial charge in [0, 0.05) is 17.7 Å². The van der Waals surface area contributed by atoms with Gasteiger partial charge in [-0.3, -0.25) is 4.98 Å². The Morgan fingerprint density at radius 1 is 1.16 bits per heavy atom. The molecule has 134 valence electrons. The Morgan fingerprint density at radius 3 is 2.48 bits per heavy atom. The van der Waals surface area contributed by atoms with E-state index in [9.17, 15) is 8.42 Å². The fourth-order valence-electron chi connectivity index (χ4n) is 2.79. The molecule has 2 heterocycles. The molecule has 5 nitrogen and oxygen atoms in total. The Labute approximate surface area is 153 Å². The van der Waals surface area contributed by atoms with E-state index in [0.717, 1.165) is 16.8 Å². The van der Waals surface area contributed by atoms with Crippen molar-refractivity contribution in [1.29, 1.82) is 0 Å². The van der Waals surface area contributed by atoms with Gasteiger partial charge in [0.15, 0.2) is 0 Å². The van der Waals surface area contributed by atoms with Crippen LogP contribution in [0.5, 0.6) is 0 Å². The third-order valence-electron chi connectivity index (χ3n) is 4.38. The fourth-order valence-corrected chi connectivity index (χ4v) is 3.83. The molecule has 1 aliphatic rings. The van der Waals surface area contributed by atoms with Gasteiger partial charge >= 0.3 is 0 Å². The maximum absolute atomic E-state index is 12.1. The lowest BCUT2D eigenvalue weighted by Crippen LogP contribution is -2.42. The highest BCUT2D eigenvalue weighted by Gasteiger charge is 2.33. The van der Waals surface area contributed by atoms with Crippen LogP contribution in [0, 0.1) is 0 Å². The predicted molar refractivity (Wildman–Crippen MR) is 99.2 cm³/mol. The molecule has 1 aromatic heterocycles. The van der Waals surface area contributed by atoms with Crippen molar-refractivity contribution in [3.05, 3.63) is 53.2 Å². The van der Waals surface area contributed by atoms with Crippen molar-refractivity contribution < 1.29 is 13.2 Å². The van der Waals surface area contributed by atoms with Gasteiger partial charge in [0.25, 0.3) is 0 Å². The molecule has 1 aromatic carbocycles. The summed E-state index contributed by atoms with van der Waals surface area (Å²) in [4.78, 5) is 4.31. The van der Waals surface area contributed by atoms with Crippen LogP contribution < -0.4 is 4.72 Å². The minimum Gasteiger partial charge on any atom is -0.379 e. The molecule has 1 aliphatic heterocycles. The number of hydrogen-bond donors (Lipinski definition) is 1. The molecule has 1 saturated heterocycles. The van der Waals surface area contributed by atoms with Crippen LogP contribution in [0.25, 0.3) is 11.3 Å². The molecule has 0 radical (unpaired) electrons. The summed E-state index contributed by atoms with van der Waals surface area (Å²) < 4.78 is 32.6. The molecule has 2 aromatic rings. The normalized spacial score (nSPS) is 21.0. The summed E-state index contributed by atoms with van der Waals surface area (Å²) in [6, 6.07) is 11.4. The first-order valence-electron chi connectivity index (χ1n) is 8.17. The monoisotopic (exact) mass is 380 g/mol.